The molecule has 1 saturated heterocycles. The van der Waals surface area contributed by atoms with Gasteiger partial charge in [0.15, 0.2) is 0 Å². The lowest BCUT2D eigenvalue weighted by molar-refractivity contribution is -0.126. The highest BCUT2D eigenvalue weighted by Crippen LogP contribution is 2.25. The Hall–Kier alpha value is -3.21. The molecular weight excluding hydrogens is 353 g/mol. The lowest BCUT2D eigenvalue weighted by atomic mass is 10.1. The number of likely N-dealkylation sites (tertiary alicyclic amines) is 1. The molecule has 0 spiro atoms. The predicted octanol–water partition coefficient (Wildman–Crippen LogP) is 4.70. The zero-order valence-electron chi connectivity index (χ0n) is 15.6. The minimum absolute atomic E-state index is 0.0252. The van der Waals surface area contributed by atoms with Crippen molar-refractivity contribution in [1.82, 2.24) is 14.7 Å². The fourth-order valence-electron chi connectivity index (χ4n) is 3.44. The lowest BCUT2D eigenvalue weighted by Gasteiger charge is -2.25. The van der Waals surface area contributed by atoms with Gasteiger partial charge in [0.25, 0.3) is 0 Å². The van der Waals surface area contributed by atoms with Crippen molar-refractivity contribution in [2.75, 3.05) is 13.1 Å². The topological polar surface area (TPSA) is 38.1 Å². The Kier molecular flexibility index (Phi) is 5.33. The van der Waals surface area contributed by atoms with E-state index in [1.165, 1.54) is 18.6 Å². The van der Waals surface area contributed by atoms with Gasteiger partial charge in [0, 0.05) is 36.5 Å². The van der Waals surface area contributed by atoms with Crippen molar-refractivity contribution < 1.29 is 9.18 Å². The van der Waals surface area contributed by atoms with E-state index in [1.807, 2.05) is 47.5 Å². The second kappa shape index (κ2) is 8.21. The molecule has 1 amide bonds. The first-order valence-corrected chi connectivity index (χ1v) is 9.59. The van der Waals surface area contributed by atoms with Gasteiger partial charge in [-0.15, -0.1) is 0 Å². The summed E-state index contributed by atoms with van der Waals surface area (Å²) >= 11 is 0. The van der Waals surface area contributed by atoms with E-state index >= 15 is 0 Å². The molecule has 0 bridgehead atoms. The Balaban J connectivity index is 1.67. The van der Waals surface area contributed by atoms with Crippen molar-refractivity contribution in [3.8, 4) is 16.9 Å². The average molecular weight is 375 g/mol. The maximum atomic E-state index is 13.3. The number of carbonyl (C=O) groups excluding carboxylic acids is 1. The SMILES string of the molecule is O=C(C=Cc1cn(-c2ccccc2)nc1-c1ccc(F)cc1)N1CCCCC1. The van der Waals surface area contributed by atoms with Crippen molar-refractivity contribution in [1.29, 1.82) is 0 Å². The maximum Gasteiger partial charge on any atom is 0.246 e. The molecule has 1 aromatic heterocycles. The standard InChI is InChI=1S/C23H22FN3O/c24-20-12-9-18(10-13-20)23-19(11-14-22(28)26-15-5-2-6-16-26)17-27(25-23)21-7-3-1-4-8-21/h1,3-4,7-14,17H,2,5-6,15-16H2. The number of hydrogen-bond acceptors (Lipinski definition) is 2. The molecule has 5 heteroatoms. The number of rotatable bonds is 4. The largest absolute Gasteiger partial charge is 0.339 e. The molecule has 4 nitrogen and oxygen atoms in total. The van der Waals surface area contributed by atoms with Gasteiger partial charge >= 0.3 is 0 Å². The van der Waals surface area contributed by atoms with Gasteiger partial charge in [0.05, 0.1) is 11.4 Å². The Morgan fingerprint density at radius 3 is 2.39 bits per heavy atom. The maximum absolute atomic E-state index is 13.3. The van der Waals surface area contributed by atoms with Gasteiger partial charge in [-0.05, 0) is 61.7 Å². The van der Waals surface area contributed by atoms with Crippen LogP contribution in [0, 0.1) is 5.82 Å². The van der Waals surface area contributed by atoms with Gasteiger partial charge in [-0.2, -0.15) is 5.10 Å². The second-order valence-corrected chi connectivity index (χ2v) is 6.94. The first-order chi connectivity index (χ1) is 13.7. The second-order valence-electron chi connectivity index (χ2n) is 6.94. The van der Waals surface area contributed by atoms with Gasteiger partial charge in [-0.3, -0.25) is 4.79 Å². The van der Waals surface area contributed by atoms with Gasteiger partial charge in [0.1, 0.15) is 5.82 Å². The van der Waals surface area contributed by atoms with Crippen molar-refractivity contribution in [3.63, 3.8) is 0 Å². The summed E-state index contributed by atoms with van der Waals surface area (Å²) in [5, 5.41) is 4.69. The first kappa shape index (κ1) is 18.2. The highest BCUT2D eigenvalue weighted by molar-refractivity contribution is 5.93. The quantitative estimate of drug-likeness (QED) is 0.620. The molecule has 0 radical (unpaired) electrons. The van der Waals surface area contributed by atoms with Gasteiger partial charge in [0.2, 0.25) is 5.91 Å². The molecule has 1 aliphatic heterocycles. The number of nitrogens with zero attached hydrogens (tertiary/aromatic N) is 3. The molecule has 0 saturated carbocycles. The Bertz CT molecular complexity index is 971. The summed E-state index contributed by atoms with van der Waals surface area (Å²) in [6.07, 6.45) is 8.63. The molecular formula is C23H22FN3O. The van der Waals surface area contributed by atoms with E-state index in [0.29, 0.717) is 5.69 Å². The van der Waals surface area contributed by atoms with Crippen LogP contribution in [0.1, 0.15) is 24.8 Å². The van der Waals surface area contributed by atoms with Crippen LogP contribution in [0.5, 0.6) is 0 Å². The summed E-state index contributed by atoms with van der Waals surface area (Å²) in [6.45, 7) is 1.63. The fraction of sp³-hybridized carbons (Fsp3) is 0.217. The van der Waals surface area contributed by atoms with Crippen LogP contribution in [-0.2, 0) is 4.79 Å². The van der Waals surface area contributed by atoms with Gasteiger partial charge < -0.3 is 4.90 Å². The molecule has 142 valence electrons. The molecule has 0 aliphatic carbocycles. The normalized spacial score (nSPS) is 14.5. The van der Waals surface area contributed by atoms with E-state index in [-0.39, 0.29) is 11.7 Å². The number of amides is 1. The van der Waals surface area contributed by atoms with Crippen LogP contribution in [-0.4, -0.2) is 33.7 Å². The van der Waals surface area contributed by atoms with Crippen molar-refractivity contribution in [2.45, 2.75) is 19.3 Å². The van der Waals surface area contributed by atoms with Crippen LogP contribution >= 0.6 is 0 Å². The highest BCUT2D eigenvalue weighted by Gasteiger charge is 2.15. The lowest BCUT2D eigenvalue weighted by Crippen LogP contribution is -2.34. The summed E-state index contributed by atoms with van der Waals surface area (Å²) in [6, 6.07) is 16.0. The van der Waals surface area contributed by atoms with Crippen LogP contribution in [0.25, 0.3) is 23.0 Å². The zero-order chi connectivity index (χ0) is 19.3. The highest BCUT2D eigenvalue weighted by atomic mass is 19.1. The first-order valence-electron chi connectivity index (χ1n) is 9.59. The molecule has 3 aromatic rings. The third-order valence-electron chi connectivity index (χ3n) is 4.95. The van der Waals surface area contributed by atoms with Crippen molar-refractivity contribution in [3.05, 3.63) is 78.3 Å². The molecule has 4 rings (SSSR count). The average Bonchev–Trinajstić information content (AvgIpc) is 3.18. The number of benzene rings is 2. The van der Waals surface area contributed by atoms with E-state index in [0.717, 1.165) is 42.7 Å². The predicted molar refractivity (Wildman–Crippen MR) is 108 cm³/mol. The number of para-hydroxylation sites is 1. The molecule has 2 heterocycles. The third-order valence-corrected chi connectivity index (χ3v) is 4.95. The molecule has 0 unspecified atom stereocenters. The van der Waals surface area contributed by atoms with E-state index in [4.69, 9.17) is 0 Å². The van der Waals surface area contributed by atoms with Gasteiger partial charge in [-0.1, -0.05) is 18.2 Å². The van der Waals surface area contributed by atoms with Crippen molar-refractivity contribution in [2.24, 2.45) is 0 Å². The Morgan fingerprint density at radius 1 is 0.964 bits per heavy atom. The van der Waals surface area contributed by atoms with E-state index in [1.54, 1.807) is 22.9 Å². The Morgan fingerprint density at radius 2 is 1.68 bits per heavy atom. The van der Waals surface area contributed by atoms with Gasteiger partial charge in [-0.25, -0.2) is 9.07 Å². The van der Waals surface area contributed by atoms with Crippen LogP contribution in [0.3, 0.4) is 0 Å². The van der Waals surface area contributed by atoms with Crippen LogP contribution in [0.4, 0.5) is 4.39 Å². The molecule has 0 atom stereocenters. The van der Waals surface area contributed by atoms with Crippen LogP contribution in [0.15, 0.2) is 66.9 Å². The number of halogens is 1. The van der Waals surface area contributed by atoms with Crippen molar-refractivity contribution >= 4 is 12.0 Å². The monoisotopic (exact) mass is 375 g/mol. The number of carbonyl (C=O) groups is 1. The zero-order valence-corrected chi connectivity index (χ0v) is 15.6. The van der Waals surface area contributed by atoms with E-state index < -0.39 is 0 Å². The summed E-state index contributed by atoms with van der Waals surface area (Å²) < 4.78 is 15.1. The number of aromatic nitrogens is 2. The summed E-state index contributed by atoms with van der Waals surface area (Å²) in [7, 11) is 0. The Labute approximate surface area is 163 Å². The summed E-state index contributed by atoms with van der Waals surface area (Å²) in [4.78, 5) is 14.4. The minimum Gasteiger partial charge on any atom is -0.339 e. The fourth-order valence-corrected chi connectivity index (χ4v) is 3.44. The third kappa shape index (κ3) is 4.03. The molecule has 1 fully saturated rings. The summed E-state index contributed by atoms with van der Waals surface area (Å²) in [5.74, 6) is -0.263. The molecule has 1 aliphatic rings. The molecule has 0 N–H and O–H groups in total. The summed E-state index contributed by atoms with van der Waals surface area (Å²) in [5.41, 5.74) is 3.27. The van der Waals surface area contributed by atoms with E-state index in [2.05, 4.69) is 5.10 Å². The van der Waals surface area contributed by atoms with Crippen LogP contribution < -0.4 is 0 Å². The molecule has 28 heavy (non-hydrogen) atoms. The number of hydrogen-bond donors (Lipinski definition) is 0. The van der Waals surface area contributed by atoms with Crippen LogP contribution in [0.2, 0.25) is 0 Å². The smallest absolute Gasteiger partial charge is 0.246 e. The molecule has 2 aromatic carbocycles. The van der Waals surface area contributed by atoms with E-state index in [9.17, 15) is 9.18 Å². The number of piperidine rings is 1. The minimum atomic E-state index is -0.288.